The molecule has 0 radical (unpaired) electrons. The van der Waals surface area contributed by atoms with Gasteiger partial charge in [-0.3, -0.25) is 0 Å². The van der Waals surface area contributed by atoms with Crippen LogP contribution in [-0.2, 0) is 13.0 Å². The Morgan fingerprint density at radius 2 is 2.17 bits per heavy atom. The fourth-order valence-corrected chi connectivity index (χ4v) is 2.39. The van der Waals surface area contributed by atoms with Crippen LogP contribution < -0.4 is 9.47 Å². The SMILES string of the molecule is C/C=C/c1ccc(OCC(O)Cn2ccnc2CC)c(OC)c1. The zero-order valence-electron chi connectivity index (χ0n) is 13.9. The van der Waals surface area contributed by atoms with Crippen molar-refractivity contribution in [2.45, 2.75) is 32.9 Å². The summed E-state index contributed by atoms with van der Waals surface area (Å²) in [6.07, 6.45) is 7.79. The standard InChI is InChI=1S/C18H24N2O3/c1-4-6-14-7-8-16(17(11-14)22-3)23-13-15(21)12-20-10-9-19-18(20)5-2/h4,6-11,15,21H,5,12-13H2,1-3H3/b6-4+. The molecular weight excluding hydrogens is 292 g/mol. The number of methoxy groups -OCH3 is 1. The van der Waals surface area contributed by atoms with Crippen LogP contribution in [0.1, 0.15) is 25.2 Å². The van der Waals surface area contributed by atoms with Gasteiger partial charge in [0, 0.05) is 18.8 Å². The van der Waals surface area contributed by atoms with Crippen molar-refractivity contribution in [3.63, 3.8) is 0 Å². The van der Waals surface area contributed by atoms with Crippen LogP contribution >= 0.6 is 0 Å². The first-order chi connectivity index (χ1) is 11.2. The summed E-state index contributed by atoms with van der Waals surface area (Å²) in [4.78, 5) is 4.25. The van der Waals surface area contributed by atoms with E-state index in [1.54, 1.807) is 13.3 Å². The number of ether oxygens (including phenoxy) is 2. The zero-order chi connectivity index (χ0) is 16.7. The minimum absolute atomic E-state index is 0.195. The van der Waals surface area contributed by atoms with Crippen molar-refractivity contribution in [1.82, 2.24) is 9.55 Å². The second kappa shape index (κ2) is 8.39. The van der Waals surface area contributed by atoms with Crippen molar-refractivity contribution in [2.24, 2.45) is 0 Å². The summed E-state index contributed by atoms with van der Waals surface area (Å²) >= 11 is 0. The second-order valence-corrected chi connectivity index (χ2v) is 5.22. The molecule has 5 heteroatoms. The van der Waals surface area contributed by atoms with Crippen molar-refractivity contribution in [2.75, 3.05) is 13.7 Å². The maximum Gasteiger partial charge on any atom is 0.161 e. The molecule has 5 nitrogen and oxygen atoms in total. The number of aryl methyl sites for hydroxylation is 1. The van der Waals surface area contributed by atoms with Gasteiger partial charge in [0.05, 0.1) is 13.7 Å². The summed E-state index contributed by atoms with van der Waals surface area (Å²) in [5.74, 6) is 2.24. The van der Waals surface area contributed by atoms with Gasteiger partial charge in [0.25, 0.3) is 0 Å². The summed E-state index contributed by atoms with van der Waals surface area (Å²) in [6, 6.07) is 5.72. The van der Waals surface area contributed by atoms with Gasteiger partial charge in [-0.25, -0.2) is 4.98 Å². The molecule has 2 rings (SSSR count). The molecule has 2 aromatic rings. The Labute approximate surface area is 137 Å². The highest BCUT2D eigenvalue weighted by atomic mass is 16.5. The predicted octanol–water partition coefficient (Wildman–Crippen LogP) is 2.93. The predicted molar refractivity (Wildman–Crippen MR) is 90.8 cm³/mol. The van der Waals surface area contributed by atoms with Gasteiger partial charge in [-0.2, -0.15) is 0 Å². The van der Waals surface area contributed by atoms with E-state index in [4.69, 9.17) is 9.47 Å². The van der Waals surface area contributed by atoms with Crippen LogP contribution in [0.15, 0.2) is 36.7 Å². The molecule has 23 heavy (non-hydrogen) atoms. The lowest BCUT2D eigenvalue weighted by Gasteiger charge is -2.16. The molecular formula is C18H24N2O3. The van der Waals surface area contributed by atoms with E-state index in [0.717, 1.165) is 17.8 Å². The third-order valence-electron chi connectivity index (χ3n) is 3.50. The largest absolute Gasteiger partial charge is 0.493 e. The number of nitrogens with zero attached hydrogens (tertiary/aromatic N) is 2. The van der Waals surface area contributed by atoms with Gasteiger partial charge >= 0.3 is 0 Å². The third kappa shape index (κ3) is 4.60. The van der Waals surface area contributed by atoms with Crippen molar-refractivity contribution in [1.29, 1.82) is 0 Å². The molecule has 0 spiro atoms. The summed E-state index contributed by atoms with van der Waals surface area (Å²) in [7, 11) is 1.61. The molecule has 1 atom stereocenters. The number of aliphatic hydroxyl groups excluding tert-OH is 1. The molecule has 0 bridgehead atoms. The highest BCUT2D eigenvalue weighted by Gasteiger charge is 2.11. The van der Waals surface area contributed by atoms with Gasteiger partial charge in [-0.1, -0.05) is 25.1 Å². The Morgan fingerprint density at radius 3 is 2.87 bits per heavy atom. The van der Waals surface area contributed by atoms with Gasteiger partial charge in [0.1, 0.15) is 18.5 Å². The first-order valence-electron chi connectivity index (χ1n) is 7.79. The molecule has 0 fully saturated rings. The van der Waals surface area contributed by atoms with Crippen molar-refractivity contribution in [3.05, 3.63) is 48.1 Å². The minimum atomic E-state index is -0.616. The highest BCUT2D eigenvalue weighted by Crippen LogP contribution is 2.28. The quantitative estimate of drug-likeness (QED) is 0.813. The number of benzene rings is 1. The van der Waals surface area contributed by atoms with Crippen LogP contribution in [0.4, 0.5) is 0 Å². The van der Waals surface area contributed by atoms with E-state index in [1.165, 1.54) is 0 Å². The van der Waals surface area contributed by atoms with Crippen molar-refractivity contribution >= 4 is 6.08 Å². The van der Waals surface area contributed by atoms with E-state index in [-0.39, 0.29) is 6.61 Å². The van der Waals surface area contributed by atoms with Gasteiger partial charge in [-0.05, 0) is 24.6 Å². The Hall–Kier alpha value is -2.27. The number of hydrogen-bond acceptors (Lipinski definition) is 4. The lowest BCUT2D eigenvalue weighted by molar-refractivity contribution is 0.0903. The van der Waals surface area contributed by atoms with E-state index in [1.807, 2.05) is 55.0 Å². The molecule has 1 aromatic heterocycles. The average Bonchev–Trinajstić information content (AvgIpc) is 3.00. The number of hydrogen-bond donors (Lipinski definition) is 1. The van der Waals surface area contributed by atoms with Crippen LogP contribution in [0.3, 0.4) is 0 Å². The number of aromatic nitrogens is 2. The lowest BCUT2D eigenvalue weighted by Crippen LogP contribution is -2.24. The zero-order valence-corrected chi connectivity index (χ0v) is 13.9. The fourth-order valence-electron chi connectivity index (χ4n) is 2.39. The van der Waals surface area contributed by atoms with Crippen LogP contribution in [0.2, 0.25) is 0 Å². The Bertz CT molecular complexity index is 649. The summed E-state index contributed by atoms with van der Waals surface area (Å²) < 4.78 is 13.0. The summed E-state index contributed by atoms with van der Waals surface area (Å²) in [5, 5.41) is 10.2. The number of imidazole rings is 1. The van der Waals surface area contributed by atoms with Gasteiger partial charge in [0.15, 0.2) is 11.5 Å². The summed E-state index contributed by atoms with van der Waals surface area (Å²) in [6.45, 7) is 4.66. The van der Waals surface area contributed by atoms with Crippen molar-refractivity contribution < 1.29 is 14.6 Å². The van der Waals surface area contributed by atoms with E-state index >= 15 is 0 Å². The smallest absolute Gasteiger partial charge is 0.161 e. The van der Waals surface area contributed by atoms with Crippen LogP contribution in [-0.4, -0.2) is 34.5 Å². The highest BCUT2D eigenvalue weighted by molar-refractivity contribution is 5.55. The number of rotatable bonds is 8. The number of aliphatic hydroxyl groups is 1. The van der Waals surface area contributed by atoms with E-state index in [0.29, 0.717) is 18.0 Å². The monoisotopic (exact) mass is 316 g/mol. The average molecular weight is 316 g/mol. The molecule has 124 valence electrons. The topological polar surface area (TPSA) is 56.5 Å². The van der Waals surface area contributed by atoms with Gasteiger partial charge < -0.3 is 19.1 Å². The first-order valence-corrected chi connectivity index (χ1v) is 7.79. The van der Waals surface area contributed by atoms with Crippen molar-refractivity contribution in [3.8, 4) is 11.5 Å². The normalized spacial score (nSPS) is 12.5. The molecule has 1 N–H and O–H groups in total. The molecule has 0 aliphatic carbocycles. The Kier molecular flexibility index (Phi) is 6.23. The third-order valence-corrected chi connectivity index (χ3v) is 3.50. The second-order valence-electron chi connectivity index (χ2n) is 5.22. The maximum absolute atomic E-state index is 10.2. The molecule has 0 aliphatic rings. The van der Waals surface area contributed by atoms with Crippen LogP contribution in [0.5, 0.6) is 11.5 Å². The lowest BCUT2D eigenvalue weighted by atomic mass is 10.2. The number of allylic oxidation sites excluding steroid dienone is 1. The molecule has 0 amide bonds. The van der Waals surface area contributed by atoms with E-state index < -0.39 is 6.10 Å². The van der Waals surface area contributed by atoms with Gasteiger partial charge in [-0.15, -0.1) is 0 Å². The molecule has 0 aliphatic heterocycles. The Balaban J connectivity index is 1.97. The van der Waals surface area contributed by atoms with E-state index in [2.05, 4.69) is 4.98 Å². The summed E-state index contributed by atoms with van der Waals surface area (Å²) in [5.41, 5.74) is 1.04. The van der Waals surface area contributed by atoms with Crippen LogP contribution in [0.25, 0.3) is 6.08 Å². The molecule has 0 saturated carbocycles. The van der Waals surface area contributed by atoms with E-state index in [9.17, 15) is 5.11 Å². The maximum atomic E-state index is 10.2. The van der Waals surface area contributed by atoms with Gasteiger partial charge in [0.2, 0.25) is 0 Å². The molecule has 0 saturated heterocycles. The molecule has 1 unspecified atom stereocenters. The van der Waals surface area contributed by atoms with Crippen LogP contribution in [0, 0.1) is 0 Å². The molecule has 1 heterocycles. The fraction of sp³-hybridized carbons (Fsp3) is 0.389. The first kappa shape index (κ1) is 17.1. The minimum Gasteiger partial charge on any atom is -0.493 e. The Morgan fingerprint density at radius 1 is 1.35 bits per heavy atom. The molecule has 1 aromatic carbocycles.